The summed E-state index contributed by atoms with van der Waals surface area (Å²) in [5.41, 5.74) is -1.05. The Labute approximate surface area is 141 Å². The van der Waals surface area contributed by atoms with Crippen molar-refractivity contribution in [2.45, 2.75) is 78.4 Å². The van der Waals surface area contributed by atoms with E-state index >= 15 is 0 Å². The zero-order chi connectivity index (χ0) is 17.6. The fourth-order valence-corrected chi connectivity index (χ4v) is 5.20. The molecule has 0 aromatic heterocycles. The van der Waals surface area contributed by atoms with E-state index < -0.39 is 5.60 Å². The van der Waals surface area contributed by atoms with E-state index in [0.717, 1.165) is 12.8 Å². The van der Waals surface area contributed by atoms with E-state index in [9.17, 15) is 15.0 Å². The smallest absolute Gasteiger partial charge is 0.133 e. The summed E-state index contributed by atoms with van der Waals surface area (Å²) in [6, 6.07) is 0. The van der Waals surface area contributed by atoms with E-state index in [4.69, 9.17) is 0 Å². The molecule has 7 atom stereocenters. The monoisotopic (exact) mass is 322 g/mol. The van der Waals surface area contributed by atoms with Crippen molar-refractivity contribution in [3.63, 3.8) is 0 Å². The summed E-state index contributed by atoms with van der Waals surface area (Å²) < 4.78 is 0. The minimum absolute atomic E-state index is 0.00533. The van der Waals surface area contributed by atoms with Crippen molar-refractivity contribution < 1.29 is 15.0 Å². The third-order valence-corrected chi connectivity index (χ3v) is 7.56. The number of carbonyl (C=O) groups is 1. The zero-order valence-corrected chi connectivity index (χ0v) is 15.4. The average molecular weight is 322 g/mol. The fraction of sp³-hybridized carbons (Fsp3) is 0.850. The molecular formula is C20H34O3. The van der Waals surface area contributed by atoms with Gasteiger partial charge in [0.15, 0.2) is 0 Å². The topological polar surface area (TPSA) is 57.5 Å². The Balaban J connectivity index is 2.36. The second-order valence-electron chi connectivity index (χ2n) is 9.03. The number of hydrogen-bond donors (Lipinski definition) is 2. The minimum Gasteiger partial charge on any atom is -0.393 e. The molecule has 2 aliphatic carbocycles. The summed E-state index contributed by atoms with van der Waals surface area (Å²) in [6.45, 7) is 14.2. The van der Waals surface area contributed by atoms with Gasteiger partial charge in [-0.3, -0.25) is 4.79 Å². The predicted molar refractivity (Wildman–Crippen MR) is 93.0 cm³/mol. The number of fused-ring (bicyclic) bond motifs is 1. The van der Waals surface area contributed by atoms with Crippen molar-refractivity contribution in [2.24, 2.45) is 28.6 Å². The zero-order valence-electron chi connectivity index (χ0n) is 15.4. The molecule has 0 saturated heterocycles. The molecular weight excluding hydrogens is 288 g/mol. The standard InChI is InChI=1S/C20H34O3/c1-7-18(4,23)8-9-19(5)14(3)16(22)12-20(6)13(2)10-15(21)11-17(19)20/h7,13-14,16-17,22-23H,1,8-12H2,2-6H3/t13-,14-,16-,17-,18-,19+,20+/m1/s1. The molecule has 0 heterocycles. The van der Waals surface area contributed by atoms with Crippen molar-refractivity contribution in [1.82, 2.24) is 0 Å². The first-order chi connectivity index (χ1) is 10.5. The third-order valence-electron chi connectivity index (χ3n) is 7.56. The van der Waals surface area contributed by atoms with Crippen LogP contribution in [0.2, 0.25) is 0 Å². The van der Waals surface area contributed by atoms with Gasteiger partial charge in [-0.25, -0.2) is 0 Å². The van der Waals surface area contributed by atoms with Crippen LogP contribution in [0.15, 0.2) is 12.7 Å². The number of ketones is 1. The van der Waals surface area contributed by atoms with Crippen LogP contribution >= 0.6 is 0 Å². The Morgan fingerprint density at radius 2 is 1.96 bits per heavy atom. The van der Waals surface area contributed by atoms with E-state index in [1.165, 1.54) is 0 Å². The predicted octanol–water partition coefficient (Wildman–Crippen LogP) is 3.73. The summed E-state index contributed by atoms with van der Waals surface area (Å²) in [5.74, 6) is 1.05. The lowest BCUT2D eigenvalue weighted by atomic mass is 9.44. The quantitative estimate of drug-likeness (QED) is 0.775. The largest absolute Gasteiger partial charge is 0.393 e. The Morgan fingerprint density at radius 3 is 2.52 bits per heavy atom. The summed E-state index contributed by atoms with van der Waals surface area (Å²) in [4.78, 5) is 12.3. The minimum atomic E-state index is -0.897. The molecule has 0 aromatic carbocycles. The van der Waals surface area contributed by atoms with Gasteiger partial charge in [-0.15, -0.1) is 6.58 Å². The second kappa shape index (κ2) is 6.00. The molecule has 0 aliphatic heterocycles. The molecule has 0 radical (unpaired) electrons. The lowest BCUT2D eigenvalue weighted by Crippen LogP contribution is -2.58. The lowest BCUT2D eigenvalue weighted by molar-refractivity contribution is -0.170. The van der Waals surface area contributed by atoms with Gasteiger partial charge in [0.05, 0.1) is 11.7 Å². The fourth-order valence-electron chi connectivity index (χ4n) is 5.20. The van der Waals surface area contributed by atoms with E-state index in [-0.39, 0.29) is 28.8 Å². The van der Waals surface area contributed by atoms with Gasteiger partial charge in [-0.05, 0) is 54.8 Å². The van der Waals surface area contributed by atoms with Crippen LogP contribution < -0.4 is 0 Å². The highest BCUT2D eigenvalue weighted by atomic mass is 16.3. The van der Waals surface area contributed by atoms with Crippen molar-refractivity contribution >= 4 is 5.78 Å². The Bertz CT molecular complexity index is 483. The number of Topliss-reactive ketones (excluding diaryl/α,β-unsaturated/α-hetero) is 1. The van der Waals surface area contributed by atoms with E-state index in [1.54, 1.807) is 13.0 Å². The molecule has 0 amide bonds. The molecule has 3 heteroatoms. The molecule has 0 bridgehead atoms. The molecule has 0 spiro atoms. The summed E-state index contributed by atoms with van der Waals surface area (Å²) in [6.07, 6.45) is 4.68. The molecule has 0 unspecified atom stereocenters. The van der Waals surface area contributed by atoms with Crippen LogP contribution in [-0.2, 0) is 4.79 Å². The molecule has 2 rings (SSSR count). The second-order valence-corrected chi connectivity index (χ2v) is 9.03. The van der Waals surface area contributed by atoms with Crippen LogP contribution in [0.4, 0.5) is 0 Å². The molecule has 2 aliphatic rings. The Morgan fingerprint density at radius 1 is 1.35 bits per heavy atom. The lowest BCUT2D eigenvalue weighted by Gasteiger charge is -2.61. The van der Waals surface area contributed by atoms with Crippen molar-refractivity contribution in [1.29, 1.82) is 0 Å². The summed E-state index contributed by atoms with van der Waals surface area (Å²) in [7, 11) is 0. The van der Waals surface area contributed by atoms with Crippen LogP contribution in [-0.4, -0.2) is 27.7 Å². The SMILES string of the molecule is C=C[C@@](C)(O)CC[C@]1(C)[C@H]2CC(=O)C[C@@H](C)[C@]2(C)C[C@@H](O)[C@H]1C. The Kier molecular flexibility index (Phi) is 4.87. The van der Waals surface area contributed by atoms with Crippen molar-refractivity contribution in [3.05, 3.63) is 12.7 Å². The van der Waals surface area contributed by atoms with Gasteiger partial charge in [-0.2, -0.15) is 0 Å². The van der Waals surface area contributed by atoms with Gasteiger partial charge >= 0.3 is 0 Å². The van der Waals surface area contributed by atoms with E-state index in [0.29, 0.717) is 31.0 Å². The van der Waals surface area contributed by atoms with Gasteiger partial charge in [0, 0.05) is 12.8 Å². The molecule has 23 heavy (non-hydrogen) atoms. The number of rotatable bonds is 4. The van der Waals surface area contributed by atoms with Crippen LogP contribution in [0.25, 0.3) is 0 Å². The highest BCUT2D eigenvalue weighted by molar-refractivity contribution is 5.80. The van der Waals surface area contributed by atoms with Gasteiger partial charge < -0.3 is 10.2 Å². The number of carbonyl (C=O) groups excluding carboxylic acids is 1. The molecule has 2 fully saturated rings. The van der Waals surface area contributed by atoms with E-state index in [1.807, 2.05) is 0 Å². The van der Waals surface area contributed by atoms with E-state index in [2.05, 4.69) is 34.3 Å². The number of aliphatic hydroxyl groups is 2. The maximum Gasteiger partial charge on any atom is 0.133 e. The first kappa shape index (κ1) is 18.7. The molecule has 2 N–H and O–H groups in total. The van der Waals surface area contributed by atoms with Crippen LogP contribution in [0, 0.1) is 28.6 Å². The summed E-state index contributed by atoms with van der Waals surface area (Å²) >= 11 is 0. The van der Waals surface area contributed by atoms with Gasteiger partial charge in [-0.1, -0.05) is 33.8 Å². The van der Waals surface area contributed by atoms with Gasteiger partial charge in [0.1, 0.15) is 5.78 Å². The average Bonchev–Trinajstić information content (AvgIpc) is 2.47. The highest BCUT2D eigenvalue weighted by Gasteiger charge is 2.59. The van der Waals surface area contributed by atoms with Crippen molar-refractivity contribution in [2.75, 3.05) is 0 Å². The molecule has 0 aromatic rings. The third kappa shape index (κ3) is 3.15. The summed E-state index contributed by atoms with van der Waals surface area (Å²) in [5, 5.41) is 21.1. The maximum atomic E-state index is 12.3. The van der Waals surface area contributed by atoms with Gasteiger partial charge in [0.2, 0.25) is 0 Å². The maximum absolute atomic E-state index is 12.3. The Hall–Kier alpha value is -0.670. The van der Waals surface area contributed by atoms with Gasteiger partial charge in [0.25, 0.3) is 0 Å². The normalized spacial score (nSPS) is 46.8. The molecule has 3 nitrogen and oxygen atoms in total. The molecule has 132 valence electrons. The van der Waals surface area contributed by atoms with Crippen LogP contribution in [0.5, 0.6) is 0 Å². The first-order valence-electron chi connectivity index (χ1n) is 9.02. The first-order valence-corrected chi connectivity index (χ1v) is 9.02. The number of hydrogen-bond acceptors (Lipinski definition) is 3. The van der Waals surface area contributed by atoms with Crippen molar-refractivity contribution in [3.8, 4) is 0 Å². The van der Waals surface area contributed by atoms with Crippen LogP contribution in [0.3, 0.4) is 0 Å². The highest BCUT2D eigenvalue weighted by Crippen LogP contribution is 2.62. The number of aliphatic hydroxyl groups excluding tert-OH is 1. The van der Waals surface area contributed by atoms with Crippen LogP contribution in [0.1, 0.15) is 66.7 Å². The molecule has 2 saturated carbocycles.